The lowest BCUT2D eigenvalue weighted by atomic mass is 9.85. The third-order valence-corrected chi connectivity index (χ3v) is 5.74. The van der Waals surface area contributed by atoms with E-state index >= 15 is 0 Å². The van der Waals surface area contributed by atoms with Crippen molar-refractivity contribution in [2.75, 3.05) is 5.32 Å². The van der Waals surface area contributed by atoms with Gasteiger partial charge in [-0.05, 0) is 38.7 Å². The smallest absolute Gasteiger partial charge is 0.265 e. The topological polar surface area (TPSA) is 90.0 Å². The SMILES string of the molecule is Cc1[nH]ncc1-c1cc2c(s1)C(=O)NC1(CCC(O)CC1)N2. The van der Waals surface area contributed by atoms with E-state index in [9.17, 15) is 9.90 Å². The van der Waals surface area contributed by atoms with Gasteiger partial charge in [-0.3, -0.25) is 9.89 Å². The van der Waals surface area contributed by atoms with Crippen LogP contribution in [-0.2, 0) is 0 Å². The predicted octanol–water partition coefficient (Wildman–Crippen LogP) is 2.23. The van der Waals surface area contributed by atoms with E-state index in [0.29, 0.717) is 17.7 Å². The van der Waals surface area contributed by atoms with Crippen molar-refractivity contribution in [1.29, 1.82) is 0 Å². The van der Waals surface area contributed by atoms with Crippen LogP contribution in [0.3, 0.4) is 0 Å². The Morgan fingerprint density at radius 2 is 2.14 bits per heavy atom. The average molecular weight is 318 g/mol. The van der Waals surface area contributed by atoms with Crippen LogP contribution < -0.4 is 10.6 Å². The lowest BCUT2D eigenvalue weighted by molar-refractivity contribution is 0.0729. The van der Waals surface area contributed by atoms with Gasteiger partial charge in [0, 0.05) is 16.1 Å². The molecule has 2 aromatic rings. The van der Waals surface area contributed by atoms with Crippen LogP contribution in [0.25, 0.3) is 10.4 Å². The zero-order chi connectivity index (χ0) is 15.3. The Morgan fingerprint density at radius 3 is 2.82 bits per heavy atom. The van der Waals surface area contributed by atoms with Gasteiger partial charge in [-0.25, -0.2) is 0 Å². The van der Waals surface area contributed by atoms with Crippen molar-refractivity contribution in [3.63, 3.8) is 0 Å². The van der Waals surface area contributed by atoms with Crippen LogP contribution in [-0.4, -0.2) is 33.0 Å². The minimum atomic E-state index is -0.410. The van der Waals surface area contributed by atoms with E-state index in [-0.39, 0.29) is 12.0 Å². The van der Waals surface area contributed by atoms with Gasteiger partial charge in [-0.1, -0.05) is 0 Å². The van der Waals surface area contributed by atoms with Crippen LogP contribution in [0.2, 0.25) is 0 Å². The van der Waals surface area contributed by atoms with Gasteiger partial charge in [0.25, 0.3) is 5.91 Å². The molecule has 0 bridgehead atoms. The summed E-state index contributed by atoms with van der Waals surface area (Å²) in [5.41, 5.74) is 2.50. The number of carbonyl (C=O) groups is 1. The minimum Gasteiger partial charge on any atom is -0.393 e. The largest absolute Gasteiger partial charge is 0.393 e. The van der Waals surface area contributed by atoms with Gasteiger partial charge in [0.15, 0.2) is 0 Å². The molecule has 0 unspecified atom stereocenters. The number of H-pyrrole nitrogens is 1. The number of thiophene rings is 1. The normalized spacial score (nSPS) is 27.4. The maximum absolute atomic E-state index is 12.5. The lowest BCUT2D eigenvalue weighted by Crippen LogP contribution is -2.59. The van der Waals surface area contributed by atoms with Crippen LogP contribution in [0.1, 0.15) is 41.0 Å². The second kappa shape index (κ2) is 4.82. The Hall–Kier alpha value is -1.86. The number of carbonyl (C=O) groups excluding carboxylic acids is 1. The highest BCUT2D eigenvalue weighted by atomic mass is 32.1. The number of hydrogen-bond donors (Lipinski definition) is 4. The Bertz CT molecular complexity index is 728. The first-order valence-corrected chi connectivity index (χ1v) is 8.31. The number of aliphatic hydroxyl groups is 1. The molecule has 0 saturated heterocycles. The van der Waals surface area contributed by atoms with Crippen LogP contribution in [0.4, 0.5) is 5.69 Å². The van der Waals surface area contributed by atoms with Crippen molar-refractivity contribution >= 4 is 22.9 Å². The number of aromatic amines is 1. The fourth-order valence-corrected chi connectivity index (χ4v) is 4.37. The first-order chi connectivity index (χ1) is 10.6. The molecule has 4 N–H and O–H groups in total. The molecule has 2 aliphatic rings. The van der Waals surface area contributed by atoms with Crippen molar-refractivity contribution in [3.8, 4) is 10.4 Å². The molecule has 1 aliphatic heterocycles. The van der Waals surface area contributed by atoms with Gasteiger partial charge >= 0.3 is 0 Å². The van der Waals surface area contributed by atoms with Crippen molar-refractivity contribution in [2.24, 2.45) is 0 Å². The number of aromatic nitrogens is 2. The summed E-state index contributed by atoms with van der Waals surface area (Å²) in [6.45, 7) is 1.97. The van der Waals surface area contributed by atoms with E-state index in [0.717, 1.165) is 34.7 Å². The van der Waals surface area contributed by atoms with E-state index in [2.05, 4.69) is 20.8 Å². The summed E-state index contributed by atoms with van der Waals surface area (Å²) in [4.78, 5) is 14.2. The van der Waals surface area contributed by atoms with Crippen LogP contribution >= 0.6 is 11.3 Å². The van der Waals surface area contributed by atoms with E-state index in [4.69, 9.17) is 0 Å². The summed E-state index contributed by atoms with van der Waals surface area (Å²) in [5.74, 6) is -0.0254. The van der Waals surface area contributed by atoms with E-state index in [1.807, 2.05) is 13.0 Å². The molecule has 0 aromatic carbocycles. The minimum absolute atomic E-state index is 0.0254. The second-order valence-corrected chi connectivity index (χ2v) is 7.21. The molecule has 1 aliphatic carbocycles. The molecule has 116 valence electrons. The Morgan fingerprint density at radius 1 is 1.36 bits per heavy atom. The molecule has 1 amide bonds. The molecule has 1 saturated carbocycles. The van der Waals surface area contributed by atoms with Gasteiger partial charge in [-0.2, -0.15) is 5.10 Å². The lowest BCUT2D eigenvalue weighted by Gasteiger charge is -2.43. The molecule has 3 heterocycles. The predicted molar refractivity (Wildman–Crippen MR) is 84.9 cm³/mol. The molecular weight excluding hydrogens is 300 g/mol. The first-order valence-electron chi connectivity index (χ1n) is 7.49. The van der Waals surface area contributed by atoms with Gasteiger partial charge in [0.1, 0.15) is 10.5 Å². The quantitative estimate of drug-likeness (QED) is 0.649. The third-order valence-electron chi connectivity index (χ3n) is 4.57. The summed E-state index contributed by atoms with van der Waals surface area (Å²) in [6, 6.07) is 2.03. The number of fused-ring (bicyclic) bond motifs is 1. The van der Waals surface area contributed by atoms with Crippen molar-refractivity contribution in [3.05, 3.63) is 22.8 Å². The summed E-state index contributed by atoms with van der Waals surface area (Å²) in [7, 11) is 0. The summed E-state index contributed by atoms with van der Waals surface area (Å²) in [5, 5.41) is 23.3. The highest BCUT2D eigenvalue weighted by molar-refractivity contribution is 7.18. The Labute approximate surface area is 131 Å². The zero-order valence-corrected chi connectivity index (χ0v) is 13.1. The average Bonchev–Trinajstić information content (AvgIpc) is 3.08. The molecule has 2 aromatic heterocycles. The van der Waals surface area contributed by atoms with Gasteiger partial charge in [0.2, 0.25) is 0 Å². The molecule has 7 heteroatoms. The van der Waals surface area contributed by atoms with E-state index in [1.165, 1.54) is 11.3 Å². The second-order valence-electron chi connectivity index (χ2n) is 6.15. The summed E-state index contributed by atoms with van der Waals surface area (Å²) in [6.07, 6.45) is 4.44. The van der Waals surface area contributed by atoms with Crippen molar-refractivity contribution in [2.45, 2.75) is 44.4 Å². The number of nitrogens with zero attached hydrogens (tertiary/aromatic N) is 1. The number of amides is 1. The molecule has 1 spiro atoms. The monoisotopic (exact) mass is 318 g/mol. The van der Waals surface area contributed by atoms with E-state index < -0.39 is 5.66 Å². The van der Waals surface area contributed by atoms with Crippen molar-refractivity contribution < 1.29 is 9.90 Å². The zero-order valence-electron chi connectivity index (χ0n) is 12.3. The number of aryl methyl sites for hydroxylation is 1. The van der Waals surface area contributed by atoms with Crippen LogP contribution in [0.5, 0.6) is 0 Å². The fourth-order valence-electron chi connectivity index (χ4n) is 3.29. The summed E-state index contributed by atoms with van der Waals surface area (Å²) < 4.78 is 0. The van der Waals surface area contributed by atoms with Gasteiger partial charge < -0.3 is 15.7 Å². The van der Waals surface area contributed by atoms with E-state index in [1.54, 1.807) is 6.20 Å². The summed E-state index contributed by atoms with van der Waals surface area (Å²) >= 11 is 1.48. The molecule has 22 heavy (non-hydrogen) atoms. The highest BCUT2D eigenvalue weighted by Crippen LogP contribution is 2.41. The first kappa shape index (κ1) is 13.8. The standard InChI is InChI=1S/C15H18N4O2S/c1-8-10(7-16-19-8)12-6-11-13(22-12)14(21)18-15(17-11)4-2-9(20)3-5-15/h6-7,9,17,20H,2-5H2,1H3,(H,16,19)(H,18,21). The highest BCUT2D eigenvalue weighted by Gasteiger charge is 2.41. The maximum atomic E-state index is 12.5. The molecule has 4 rings (SSSR count). The number of rotatable bonds is 1. The Balaban J connectivity index is 1.68. The van der Waals surface area contributed by atoms with Gasteiger partial charge in [-0.15, -0.1) is 11.3 Å². The molecule has 1 fully saturated rings. The molecule has 0 atom stereocenters. The van der Waals surface area contributed by atoms with Crippen molar-refractivity contribution in [1.82, 2.24) is 15.5 Å². The fraction of sp³-hybridized carbons (Fsp3) is 0.467. The number of hydrogen-bond acceptors (Lipinski definition) is 5. The molecular formula is C15H18N4O2S. The number of anilines is 1. The number of aliphatic hydroxyl groups excluding tert-OH is 1. The van der Waals surface area contributed by atoms with Gasteiger partial charge in [0.05, 0.1) is 18.0 Å². The third kappa shape index (κ3) is 2.12. The molecule has 0 radical (unpaired) electrons. The van der Waals surface area contributed by atoms with Crippen LogP contribution in [0.15, 0.2) is 12.3 Å². The number of nitrogens with one attached hydrogen (secondary N) is 3. The maximum Gasteiger partial charge on any atom is 0.265 e. The Kier molecular flexibility index (Phi) is 3.02. The molecule has 6 nitrogen and oxygen atoms in total. The van der Waals surface area contributed by atoms with Crippen LogP contribution in [0, 0.1) is 6.92 Å².